The zero-order valence-corrected chi connectivity index (χ0v) is 16.1. The van der Waals surface area contributed by atoms with Gasteiger partial charge in [0, 0.05) is 18.0 Å². The van der Waals surface area contributed by atoms with Crippen molar-refractivity contribution in [1.29, 1.82) is 0 Å². The maximum atomic E-state index is 12.4. The zero-order valence-electron chi connectivity index (χ0n) is 16.1. The molecule has 2 amide bonds. The first kappa shape index (κ1) is 18.3. The fraction of sp³-hybridized carbons (Fsp3) is 0.364. The normalized spacial score (nSPS) is 16.6. The summed E-state index contributed by atoms with van der Waals surface area (Å²) < 4.78 is 11.7. The Morgan fingerprint density at radius 1 is 1.14 bits per heavy atom. The van der Waals surface area contributed by atoms with Crippen LogP contribution < -0.4 is 20.1 Å². The van der Waals surface area contributed by atoms with Crippen LogP contribution in [-0.4, -0.2) is 30.1 Å². The van der Waals surface area contributed by atoms with Crippen LogP contribution in [0.15, 0.2) is 42.5 Å². The predicted molar refractivity (Wildman–Crippen MR) is 106 cm³/mol. The summed E-state index contributed by atoms with van der Waals surface area (Å²) in [6.07, 6.45) is 2.82. The monoisotopic (exact) mass is 380 g/mol. The van der Waals surface area contributed by atoms with Crippen LogP contribution in [0.2, 0.25) is 0 Å². The van der Waals surface area contributed by atoms with Gasteiger partial charge in [-0.2, -0.15) is 0 Å². The lowest BCUT2D eigenvalue weighted by Crippen LogP contribution is -2.28. The number of carbonyl (C=O) groups excluding carboxylic acids is 2. The van der Waals surface area contributed by atoms with Crippen LogP contribution in [0.1, 0.15) is 42.6 Å². The van der Waals surface area contributed by atoms with Crippen molar-refractivity contribution in [3.63, 3.8) is 0 Å². The molecule has 2 aromatic carbocycles. The Hall–Kier alpha value is -3.02. The number of benzene rings is 2. The summed E-state index contributed by atoms with van der Waals surface area (Å²) in [7, 11) is 0. The average molecular weight is 380 g/mol. The molecule has 28 heavy (non-hydrogen) atoms. The van der Waals surface area contributed by atoms with Crippen molar-refractivity contribution in [2.24, 2.45) is 0 Å². The molecule has 1 aliphatic carbocycles. The number of fused-ring (bicyclic) bond motifs is 1. The van der Waals surface area contributed by atoms with E-state index in [1.54, 1.807) is 30.3 Å². The van der Waals surface area contributed by atoms with Gasteiger partial charge in [-0.15, -0.1) is 0 Å². The molecule has 2 N–H and O–H groups in total. The van der Waals surface area contributed by atoms with E-state index in [0.29, 0.717) is 22.7 Å². The van der Waals surface area contributed by atoms with Gasteiger partial charge in [-0.25, -0.2) is 0 Å². The summed E-state index contributed by atoms with van der Waals surface area (Å²) >= 11 is 0. The van der Waals surface area contributed by atoms with E-state index >= 15 is 0 Å². The van der Waals surface area contributed by atoms with Gasteiger partial charge in [-0.1, -0.05) is 24.3 Å². The highest BCUT2D eigenvalue weighted by Crippen LogP contribution is 2.41. The number of anilines is 1. The van der Waals surface area contributed by atoms with E-state index in [2.05, 4.69) is 10.6 Å². The van der Waals surface area contributed by atoms with Crippen LogP contribution in [-0.2, 0) is 11.2 Å². The molecule has 146 valence electrons. The van der Waals surface area contributed by atoms with E-state index < -0.39 is 0 Å². The number of hydrogen-bond donors (Lipinski definition) is 2. The molecule has 2 aromatic rings. The lowest BCUT2D eigenvalue weighted by Gasteiger charge is -2.18. The Bertz CT molecular complexity index is 919. The first-order chi connectivity index (χ1) is 13.4. The number of nitrogens with one attached hydrogen (secondary N) is 2. The highest BCUT2D eigenvalue weighted by molar-refractivity contribution is 6.04. The number of ether oxygens (including phenoxy) is 2. The van der Waals surface area contributed by atoms with E-state index in [0.717, 1.165) is 24.8 Å². The van der Waals surface area contributed by atoms with Crippen molar-refractivity contribution >= 4 is 17.5 Å². The van der Waals surface area contributed by atoms with Crippen molar-refractivity contribution in [3.8, 4) is 11.5 Å². The molecule has 0 unspecified atom stereocenters. The highest BCUT2D eigenvalue weighted by atomic mass is 16.5. The quantitative estimate of drug-likeness (QED) is 0.806. The van der Waals surface area contributed by atoms with Crippen molar-refractivity contribution < 1.29 is 19.1 Å². The molecule has 4 rings (SSSR count). The van der Waals surface area contributed by atoms with Gasteiger partial charge in [0.05, 0.1) is 11.3 Å². The second-order valence-corrected chi connectivity index (χ2v) is 7.91. The van der Waals surface area contributed by atoms with Gasteiger partial charge in [-0.3, -0.25) is 9.59 Å². The van der Waals surface area contributed by atoms with Gasteiger partial charge in [-0.05, 0) is 44.9 Å². The summed E-state index contributed by atoms with van der Waals surface area (Å²) in [5.74, 6) is 0.750. The topological polar surface area (TPSA) is 76.7 Å². The molecule has 0 radical (unpaired) electrons. The Morgan fingerprint density at radius 2 is 1.93 bits per heavy atom. The maximum absolute atomic E-state index is 12.4. The summed E-state index contributed by atoms with van der Waals surface area (Å²) in [5, 5.41) is 5.71. The van der Waals surface area contributed by atoms with Gasteiger partial charge in [0.25, 0.3) is 11.8 Å². The number of para-hydroxylation sites is 2. The third kappa shape index (κ3) is 4.11. The molecule has 1 aliphatic heterocycles. The number of amides is 2. The minimum Gasteiger partial charge on any atom is -0.483 e. The molecule has 0 saturated heterocycles. The average Bonchev–Trinajstić information content (AvgIpc) is 3.39. The summed E-state index contributed by atoms with van der Waals surface area (Å²) in [6, 6.07) is 12.9. The van der Waals surface area contributed by atoms with Crippen LogP contribution in [0.4, 0.5) is 5.69 Å². The van der Waals surface area contributed by atoms with E-state index in [1.807, 2.05) is 26.0 Å². The van der Waals surface area contributed by atoms with Crippen LogP contribution in [0.25, 0.3) is 0 Å². The molecular formula is C22H24N2O4. The zero-order chi connectivity index (χ0) is 19.7. The standard InChI is InChI=1S/C22H24N2O4/c1-22(2)12-14-6-5-9-18(20(14)28-22)27-13-19(25)24-17-8-4-3-7-16(17)21(26)23-15-10-11-15/h3-9,15H,10-13H2,1-2H3,(H,23,26)(H,24,25). The molecule has 1 fully saturated rings. The largest absolute Gasteiger partial charge is 0.483 e. The van der Waals surface area contributed by atoms with E-state index in [4.69, 9.17) is 9.47 Å². The van der Waals surface area contributed by atoms with E-state index in [-0.39, 0.29) is 30.1 Å². The third-order valence-electron chi connectivity index (χ3n) is 4.77. The van der Waals surface area contributed by atoms with Gasteiger partial charge in [0.2, 0.25) is 0 Å². The SMILES string of the molecule is CC1(C)Cc2cccc(OCC(=O)Nc3ccccc3C(=O)NC3CC3)c2O1. The number of rotatable bonds is 6. The molecule has 6 nitrogen and oxygen atoms in total. The molecule has 1 saturated carbocycles. The molecule has 0 spiro atoms. The molecule has 2 aliphatic rings. The Labute approximate surface area is 164 Å². The van der Waals surface area contributed by atoms with Crippen molar-refractivity contribution in [2.45, 2.75) is 44.8 Å². The van der Waals surface area contributed by atoms with Crippen LogP contribution in [0.3, 0.4) is 0 Å². The van der Waals surface area contributed by atoms with Crippen molar-refractivity contribution in [2.75, 3.05) is 11.9 Å². The Morgan fingerprint density at radius 3 is 2.71 bits per heavy atom. The first-order valence-corrected chi connectivity index (χ1v) is 9.55. The fourth-order valence-corrected chi connectivity index (χ4v) is 3.31. The number of hydrogen-bond acceptors (Lipinski definition) is 4. The summed E-state index contributed by atoms with van der Waals surface area (Å²) in [4.78, 5) is 24.8. The van der Waals surface area contributed by atoms with Gasteiger partial charge in [0.15, 0.2) is 18.1 Å². The highest BCUT2D eigenvalue weighted by Gasteiger charge is 2.32. The lowest BCUT2D eigenvalue weighted by molar-refractivity contribution is -0.118. The molecule has 6 heteroatoms. The van der Waals surface area contributed by atoms with Crippen molar-refractivity contribution in [1.82, 2.24) is 5.32 Å². The minimum absolute atomic E-state index is 0.168. The smallest absolute Gasteiger partial charge is 0.262 e. The van der Waals surface area contributed by atoms with Gasteiger partial charge < -0.3 is 20.1 Å². The first-order valence-electron chi connectivity index (χ1n) is 9.55. The summed E-state index contributed by atoms with van der Waals surface area (Å²) in [5.41, 5.74) is 1.72. The Kier molecular flexibility index (Phi) is 4.71. The third-order valence-corrected chi connectivity index (χ3v) is 4.77. The van der Waals surface area contributed by atoms with Gasteiger partial charge >= 0.3 is 0 Å². The lowest BCUT2D eigenvalue weighted by atomic mass is 10.0. The molecule has 0 aromatic heterocycles. The maximum Gasteiger partial charge on any atom is 0.262 e. The van der Waals surface area contributed by atoms with Gasteiger partial charge in [0.1, 0.15) is 5.60 Å². The molecule has 0 bridgehead atoms. The molecule has 0 atom stereocenters. The van der Waals surface area contributed by atoms with E-state index in [1.165, 1.54) is 0 Å². The fourth-order valence-electron chi connectivity index (χ4n) is 3.31. The molecule has 1 heterocycles. The van der Waals surface area contributed by atoms with Crippen LogP contribution in [0, 0.1) is 0 Å². The minimum atomic E-state index is -0.332. The van der Waals surface area contributed by atoms with E-state index in [9.17, 15) is 9.59 Å². The molecular weight excluding hydrogens is 356 g/mol. The van der Waals surface area contributed by atoms with Crippen LogP contribution >= 0.6 is 0 Å². The Balaban J connectivity index is 1.40. The number of carbonyl (C=O) groups is 2. The van der Waals surface area contributed by atoms with Crippen molar-refractivity contribution in [3.05, 3.63) is 53.6 Å². The predicted octanol–water partition coefficient (Wildman–Crippen LogP) is 3.31. The van der Waals surface area contributed by atoms with Crippen LogP contribution in [0.5, 0.6) is 11.5 Å². The second-order valence-electron chi connectivity index (χ2n) is 7.91. The summed E-state index contributed by atoms with van der Waals surface area (Å²) in [6.45, 7) is 3.87. The second kappa shape index (κ2) is 7.19.